The third kappa shape index (κ3) is 6.73. The smallest absolute Gasteiger partial charge is 0.0219 e. The van der Waals surface area contributed by atoms with Crippen LogP contribution >= 0.6 is 0 Å². The van der Waals surface area contributed by atoms with Crippen LogP contribution in [0.15, 0.2) is 0 Å². The van der Waals surface area contributed by atoms with Crippen molar-refractivity contribution in [3.8, 4) is 0 Å². The van der Waals surface area contributed by atoms with Crippen LogP contribution in [0.1, 0.15) is 58.8 Å². The van der Waals surface area contributed by atoms with E-state index in [0.29, 0.717) is 6.04 Å². The van der Waals surface area contributed by atoms with Gasteiger partial charge in [-0.05, 0) is 19.4 Å². The molecular weight excluding hydrogens is 234 g/mol. The first-order valence-corrected chi connectivity index (χ1v) is 8.48. The predicted octanol–water partition coefficient (Wildman–Crippen LogP) is 2.70. The van der Waals surface area contributed by atoms with Crippen LogP contribution in [0.4, 0.5) is 0 Å². The van der Waals surface area contributed by atoms with E-state index in [1.165, 1.54) is 77.7 Å². The molecule has 1 fully saturated rings. The minimum Gasteiger partial charge on any atom is -0.329 e. The van der Waals surface area contributed by atoms with E-state index in [4.69, 9.17) is 5.73 Å². The summed E-state index contributed by atoms with van der Waals surface area (Å²) < 4.78 is 0. The van der Waals surface area contributed by atoms with Crippen molar-refractivity contribution < 1.29 is 0 Å². The standard InChI is InChI=1S/C16H35N3/c1-3-5-6-7-8-9-16(15-17)19-13-11-18(10-4-2)12-14-19/h16H,3-15,17H2,1-2H3. The third-order valence-electron chi connectivity index (χ3n) is 4.38. The van der Waals surface area contributed by atoms with E-state index in [0.717, 1.165) is 6.54 Å². The minimum absolute atomic E-state index is 0.630. The molecule has 1 heterocycles. The molecule has 0 aromatic carbocycles. The summed E-state index contributed by atoms with van der Waals surface area (Å²) in [7, 11) is 0. The maximum Gasteiger partial charge on any atom is 0.0219 e. The van der Waals surface area contributed by atoms with E-state index in [1.54, 1.807) is 0 Å². The number of nitrogens with zero attached hydrogens (tertiary/aromatic N) is 2. The average Bonchev–Trinajstić information content (AvgIpc) is 2.44. The lowest BCUT2D eigenvalue weighted by Crippen LogP contribution is -2.52. The van der Waals surface area contributed by atoms with Crippen molar-refractivity contribution in [3.05, 3.63) is 0 Å². The van der Waals surface area contributed by atoms with E-state index in [9.17, 15) is 0 Å². The zero-order valence-electron chi connectivity index (χ0n) is 13.2. The second kappa shape index (κ2) is 10.6. The number of hydrogen-bond acceptors (Lipinski definition) is 3. The summed E-state index contributed by atoms with van der Waals surface area (Å²) in [4.78, 5) is 5.22. The molecule has 0 amide bonds. The van der Waals surface area contributed by atoms with Crippen LogP contribution in [0.2, 0.25) is 0 Å². The van der Waals surface area contributed by atoms with Gasteiger partial charge in [0.1, 0.15) is 0 Å². The zero-order chi connectivity index (χ0) is 13.9. The zero-order valence-corrected chi connectivity index (χ0v) is 13.2. The van der Waals surface area contributed by atoms with Crippen LogP contribution in [-0.4, -0.2) is 55.1 Å². The van der Waals surface area contributed by atoms with Crippen molar-refractivity contribution in [1.82, 2.24) is 9.80 Å². The SMILES string of the molecule is CCCCCCCC(CN)N1CCN(CCC)CC1. The molecule has 0 aromatic rings. The summed E-state index contributed by atoms with van der Waals surface area (Å²) in [6.45, 7) is 11.6. The Bertz CT molecular complexity index is 200. The van der Waals surface area contributed by atoms with Gasteiger partial charge in [0.15, 0.2) is 0 Å². The summed E-state index contributed by atoms with van der Waals surface area (Å²) in [6, 6.07) is 0.630. The minimum atomic E-state index is 0.630. The quantitative estimate of drug-likeness (QED) is 0.619. The first-order chi connectivity index (χ1) is 9.31. The monoisotopic (exact) mass is 269 g/mol. The van der Waals surface area contributed by atoms with Gasteiger partial charge < -0.3 is 10.6 Å². The molecule has 3 heteroatoms. The largest absolute Gasteiger partial charge is 0.329 e. The maximum atomic E-state index is 5.98. The second-order valence-corrected chi connectivity index (χ2v) is 5.97. The van der Waals surface area contributed by atoms with E-state index in [-0.39, 0.29) is 0 Å². The highest BCUT2D eigenvalue weighted by atomic mass is 15.3. The molecule has 1 saturated heterocycles. The molecule has 1 unspecified atom stereocenters. The molecule has 0 bridgehead atoms. The predicted molar refractivity (Wildman–Crippen MR) is 84.5 cm³/mol. The molecule has 114 valence electrons. The Morgan fingerprint density at radius 1 is 0.895 bits per heavy atom. The molecule has 1 atom stereocenters. The van der Waals surface area contributed by atoms with Crippen molar-refractivity contribution in [2.75, 3.05) is 39.3 Å². The van der Waals surface area contributed by atoms with Crippen molar-refractivity contribution in [1.29, 1.82) is 0 Å². The van der Waals surface area contributed by atoms with Crippen molar-refractivity contribution in [3.63, 3.8) is 0 Å². The van der Waals surface area contributed by atoms with E-state index < -0.39 is 0 Å². The van der Waals surface area contributed by atoms with E-state index >= 15 is 0 Å². The molecule has 0 spiro atoms. The Morgan fingerprint density at radius 2 is 1.58 bits per heavy atom. The summed E-state index contributed by atoms with van der Waals surface area (Å²) in [5.74, 6) is 0. The van der Waals surface area contributed by atoms with Crippen molar-refractivity contribution in [2.24, 2.45) is 5.73 Å². The van der Waals surface area contributed by atoms with Crippen LogP contribution in [0.3, 0.4) is 0 Å². The van der Waals surface area contributed by atoms with Crippen LogP contribution in [0.25, 0.3) is 0 Å². The van der Waals surface area contributed by atoms with Gasteiger partial charge in [-0.2, -0.15) is 0 Å². The lowest BCUT2D eigenvalue weighted by atomic mass is 10.0. The summed E-state index contributed by atoms with van der Waals surface area (Å²) in [5, 5.41) is 0. The molecular formula is C16H35N3. The van der Waals surface area contributed by atoms with Crippen molar-refractivity contribution >= 4 is 0 Å². The number of unbranched alkanes of at least 4 members (excludes halogenated alkanes) is 4. The van der Waals surface area contributed by atoms with E-state index in [1.807, 2.05) is 0 Å². The number of nitrogens with two attached hydrogens (primary N) is 1. The van der Waals surface area contributed by atoms with Crippen LogP contribution in [0, 0.1) is 0 Å². The number of hydrogen-bond donors (Lipinski definition) is 1. The molecule has 0 aliphatic carbocycles. The molecule has 0 saturated carbocycles. The van der Waals surface area contributed by atoms with Crippen LogP contribution in [0.5, 0.6) is 0 Å². The molecule has 0 aromatic heterocycles. The molecule has 1 aliphatic heterocycles. The lowest BCUT2D eigenvalue weighted by Gasteiger charge is -2.39. The van der Waals surface area contributed by atoms with Gasteiger partial charge in [-0.15, -0.1) is 0 Å². The third-order valence-corrected chi connectivity index (χ3v) is 4.38. The Balaban J connectivity index is 2.16. The van der Waals surface area contributed by atoms with Gasteiger partial charge in [-0.3, -0.25) is 4.90 Å². The summed E-state index contributed by atoms with van der Waals surface area (Å²) in [5.41, 5.74) is 5.98. The fourth-order valence-corrected chi connectivity index (χ4v) is 3.10. The normalized spacial score (nSPS) is 19.7. The first-order valence-electron chi connectivity index (χ1n) is 8.48. The maximum absolute atomic E-state index is 5.98. The summed E-state index contributed by atoms with van der Waals surface area (Å²) in [6.07, 6.45) is 9.45. The number of piperazine rings is 1. The van der Waals surface area contributed by atoms with E-state index in [2.05, 4.69) is 23.6 Å². The Kier molecular flexibility index (Phi) is 9.48. The molecule has 1 rings (SSSR count). The Hall–Kier alpha value is -0.120. The molecule has 0 radical (unpaired) electrons. The fraction of sp³-hybridized carbons (Fsp3) is 1.00. The Labute approximate surface area is 120 Å². The van der Waals surface area contributed by atoms with Crippen LogP contribution in [-0.2, 0) is 0 Å². The first kappa shape index (κ1) is 16.9. The van der Waals surface area contributed by atoms with Crippen molar-refractivity contribution in [2.45, 2.75) is 64.8 Å². The highest BCUT2D eigenvalue weighted by Gasteiger charge is 2.21. The van der Waals surface area contributed by atoms with Gasteiger partial charge in [0.2, 0.25) is 0 Å². The second-order valence-electron chi connectivity index (χ2n) is 5.97. The number of rotatable bonds is 10. The Morgan fingerprint density at radius 3 is 2.16 bits per heavy atom. The average molecular weight is 269 g/mol. The van der Waals surface area contributed by atoms with Gasteiger partial charge in [-0.25, -0.2) is 0 Å². The highest BCUT2D eigenvalue weighted by molar-refractivity contribution is 4.79. The fourth-order valence-electron chi connectivity index (χ4n) is 3.10. The summed E-state index contributed by atoms with van der Waals surface area (Å²) >= 11 is 0. The molecule has 3 nitrogen and oxygen atoms in total. The lowest BCUT2D eigenvalue weighted by molar-refractivity contribution is 0.0938. The molecule has 1 aliphatic rings. The highest BCUT2D eigenvalue weighted by Crippen LogP contribution is 2.13. The van der Waals surface area contributed by atoms with Gasteiger partial charge >= 0.3 is 0 Å². The van der Waals surface area contributed by atoms with Gasteiger partial charge in [0, 0.05) is 38.8 Å². The van der Waals surface area contributed by atoms with Gasteiger partial charge in [0.25, 0.3) is 0 Å². The topological polar surface area (TPSA) is 32.5 Å². The van der Waals surface area contributed by atoms with Crippen LogP contribution < -0.4 is 5.73 Å². The van der Waals surface area contributed by atoms with Gasteiger partial charge in [0.05, 0.1) is 0 Å². The van der Waals surface area contributed by atoms with Gasteiger partial charge in [-0.1, -0.05) is 46.0 Å². The molecule has 2 N–H and O–H groups in total. The molecule has 19 heavy (non-hydrogen) atoms.